The maximum atomic E-state index is 13.1. The van der Waals surface area contributed by atoms with Gasteiger partial charge in [-0.3, -0.25) is 19.4 Å². The van der Waals surface area contributed by atoms with E-state index in [1.807, 2.05) is 50.4 Å². The molecule has 232 valence electrons. The first-order valence-electron chi connectivity index (χ1n) is 15.2. The molecule has 0 atom stereocenters. The number of furan rings is 1. The fourth-order valence-electron chi connectivity index (χ4n) is 5.63. The van der Waals surface area contributed by atoms with E-state index in [0.29, 0.717) is 48.5 Å². The topological polar surface area (TPSA) is 110 Å². The van der Waals surface area contributed by atoms with Gasteiger partial charge in [0.1, 0.15) is 22.5 Å². The molecule has 0 aliphatic carbocycles. The zero-order chi connectivity index (χ0) is 31.4. The number of carbonyl (C=O) groups excluding carboxylic acids is 2. The molecule has 1 aromatic carbocycles. The number of pyridine rings is 2. The largest absolute Gasteiger partial charge is 0.494 e. The molecule has 4 heterocycles. The monoisotopic (exact) mass is 599 g/mol. The molecule has 3 aromatic heterocycles. The van der Waals surface area contributed by atoms with Crippen molar-refractivity contribution in [1.29, 1.82) is 0 Å². The zero-order valence-corrected chi connectivity index (χ0v) is 26.2. The summed E-state index contributed by atoms with van der Waals surface area (Å²) in [5.74, 6) is 0.969. The van der Waals surface area contributed by atoms with E-state index in [1.165, 1.54) is 0 Å². The third kappa shape index (κ3) is 6.40. The quantitative estimate of drug-likeness (QED) is 0.183. The van der Waals surface area contributed by atoms with Gasteiger partial charge >= 0.3 is 0 Å². The van der Waals surface area contributed by atoms with Crippen LogP contribution < -0.4 is 25.4 Å². The molecular weight excluding hydrogens is 558 g/mol. The molecule has 0 saturated carbocycles. The van der Waals surface area contributed by atoms with E-state index in [9.17, 15) is 14.4 Å². The number of carbonyl (C=O) groups is 2. The van der Waals surface area contributed by atoms with Crippen molar-refractivity contribution in [3.63, 3.8) is 0 Å². The van der Waals surface area contributed by atoms with Gasteiger partial charge < -0.3 is 28.8 Å². The molecule has 0 spiro atoms. The Balaban J connectivity index is 1.07. The van der Waals surface area contributed by atoms with Crippen LogP contribution in [0.2, 0.25) is 0 Å². The van der Waals surface area contributed by atoms with Gasteiger partial charge in [-0.05, 0) is 89.0 Å². The van der Waals surface area contributed by atoms with Gasteiger partial charge in [-0.2, -0.15) is 0 Å². The van der Waals surface area contributed by atoms with Crippen LogP contribution in [0.15, 0.2) is 64.1 Å². The van der Waals surface area contributed by atoms with Crippen molar-refractivity contribution in [2.75, 3.05) is 36.5 Å². The Morgan fingerprint density at radius 1 is 1.00 bits per heavy atom. The minimum atomic E-state index is -1.13. The predicted molar refractivity (Wildman–Crippen MR) is 171 cm³/mol. The van der Waals surface area contributed by atoms with E-state index in [1.54, 1.807) is 47.5 Å². The third-order valence-corrected chi connectivity index (χ3v) is 8.15. The molecule has 0 radical (unpaired) electrons. The summed E-state index contributed by atoms with van der Waals surface area (Å²) in [6.07, 6.45) is 6.05. The molecule has 10 heteroatoms. The molecule has 10 nitrogen and oxygen atoms in total. The molecule has 0 saturated heterocycles. The fraction of sp³-hybridized carbons (Fsp3) is 0.412. The molecular formula is C34H41N5O5. The van der Waals surface area contributed by atoms with Gasteiger partial charge in [0.15, 0.2) is 0 Å². The van der Waals surface area contributed by atoms with Gasteiger partial charge in [0, 0.05) is 57.3 Å². The summed E-state index contributed by atoms with van der Waals surface area (Å²) < 4.78 is 13.3. The van der Waals surface area contributed by atoms with Gasteiger partial charge in [0.05, 0.1) is 23.4 Å². The van der Waals surface area contributed by atoms with Crippen LogP contribution in [0.1, 0.15) is 50.6 Å². The lowest BCUT2D eigenvalue weighted by atomic mass is 9.90. The number of rotatable bonds is 12. The highest BCUT2D eigenvalue weighted by Gasteiger charge is 2.45. The first-order chi connectivity index (χ1) is 21.1. The fourth-order valence-corrected chi connectivity index (χ4v) is 5.63. The maximum Gasteiger partial charge on any atom is 0.261 e. The average Bonchev–Trinajstić information content (AvgIpc) is 3.39. The summed E-state index contributed by atoms with van der Waals surface area (Å²) in [6.45, 7) is 10.2. The standard InChI is InChI=1S/C34H41N5O5/c1-6-39-28-10-9-26(21-29(28)37(5)32(41)34(3,4)33(39)42)43-18-8-7-14-35-22-24-11-15-36-25(20-24)12-16-38-17-13-30-27(31(38)40)19-23(2)44-30/h9-11,13,15,17,19-21,35H,6-8,12,14,16,18,22H2,1-5H3. The third-order valence-electron chi connectivity index (χ3n) is 8.15. The molecule has 0 fully saturated rings. The number of aromatic nitrogens is 2. The van der Waals surface area contributed by atoms with Crippen LogP contribution in [-0.2, 0) is 29.1 Å². The van der Waals surface area contributed by atoms with Gasteiger partial charge in [-0.1, -0.05) is 0 Å². The van der Waals surface area contributed by atoms with E-state index in [0.717, 1.165) is 48.6 Å². The highest BCUT2D eigenvalue weighted by molar-refractivity contribution is 6.20. The van der Waals surface area contributed by atoms with Crippen molar-refractivity contribution in [3.8, 4) is 5.75 Å². The van der Waals surface area contributed by atoms with E-state index in [2.05, 4.69) is 16.4 Å². The van der Waals surface area contributed by atoms with Gasteiger partial charge in [0.2, 0.25) is 11.8 Å². The number of aryl methyl sites for hydroxylation is 3. The Kier molecular flexibility index (Phi) is 9.20. The first-order valence-corrected chi connectivity index (χ1v) is 15.2. The van der Waals surface area contributed by atoms with Gasteiger partial charge in [-0.15, -0.1) is 0 Å². The minimum Gasteiger partial charge on any atom is -0.494 e. The van der Waals surface area contributed by atoms with Crippen LogP contribution in [0, 0.1) is 12.3 Å². The van der Waals surface area contributed by atoms with Crippen LogP contribution >= 0.6 is 0 Å². The number of benzene rings is 1. The number of nitrogens with one attached hydrogen (secondary N) is 1. The van der Waals surface area contributed by atoms with Crippen molar-refractivity contribution in [2.45, 2.75) is 60.0 Å². The summed E-state index contributed by atoms with van der Waals surface area (Å²) in [5.41, 5.74) is 2.91. The van der Waals surface area contributed by atoms with E-state index < -0.39 is 5.41 Å². The second-order valence-corrected chi connectivity index (χ2v) is 11.8. The molecule has 5 rings (SSSR count). The maximum absolute atomic E-state index is 13.1. The first kappa shape index (κ1) is 31.0. The summed E-state index contributed by atoms with van der Waals surface area (Å²) >= 11 is 0. The molecule has 0 bridgehead atoms. The van der Waals surface area contributed by atoms with Crippen molar-refractivity contribution in [2.24, 2.45) is 5.41 Å². The van der Waals surface area contributed by atoms with Crippen LogP contribution in [0.4, 0.5) is 11.4 Å². The minimum absolute atomic E-state index is 0.0469. The Morgan fingerprint density at radius 3 is 2.61 bits per heavy atom. The number of ether oxygens (including phenoxy) is 1. The smallest absolute Gasteiger partial charge is 0.261 e. The number of fused-ring (bicyclic) bond motifs is 2. The highest BCUT2D eigenvalue weighted by atomic mass is 16.5. The second-order valence-electron chi connectivity index (χ2n) is 11.8. The lowest BCUT2D eigenvalue weighted by molar-refractivity contribution is -0.137. The summed E-state index contributed by atoms with van der Waals surface area (Å²) in [4.78, 5) is 46.6. The Labute approximate surface area is 257 Å². The Hall–Kier alpha value is -4.44. The van der Waals surface area contributed by atoms with Crippen LogP contribution in [-0.4, -0.2) is 48.1 Å². The van der Waals surface area contributed by atoms with Crippen LogP contribution in [0.5, 0.6) is 5.75 Å². The SMILES string of the molecule is CCN1C(=O)C(C)(C)C(=O)N(C)c2cc(OCCCCNCc3ccnc(CCn4ccc5oc(C)cc5c4=O)c3)ccc21. The molecule has 2 amide bonds. The number of nitrogens with zero attached hydrogens (tertiary/aromatic N) is 4. The number of unbranched alkanes of at least 4 members (excludes halogenated alkanes) is 1. The summed E-state index contributed by atoms with van der Waals surface area (Å²) in [5, 5.41) is 4.09. The van der Waals surface area contributed by atoms with Crippen molar-refractivity contribution in [3.05, 3.63) is 82.2 Å². The molecule has 1 aliphatic heterocycles. The van der Waals surface area contributed by atoms with Gasteiger partial charge in [0.25, 0.3) is 5.56 Å². The number of hydrogen-bond donors (Lipinski definition) is 1. The molecule has 1 aliphatic rings. The normalized spacial score (nSPS) is 14.7. The Bertz CT molecular complexity index is 1720. The number of anilines is 2. The van der Waals surface area contributed by atoms with Crippen molar-refractivity contribution >= 4 is 34.2 Å². The van der Waals surface area contributed by atoms with E-state index in [4.69, 9.17) is 9.15 Å². The van der Waals surface area contributed by atoms with Crippen LogP contribution in [0.25, 0.3) is 11.0 Å². The lowest BCUT2D eigenvalue weighted by Crippen LogP contribution is -2.47. The van der Waals surface area contributed by atoms with Crippen molar-refractivity contribution < 1.29 is 18.7 Å². The number of hydrogen-bond acceptors (Lipinski definition) is 7. The summed E-state index contributed by atoms with van der Waals surface area (Å²) in [6, 6.07) is 13.3. The molecule has 44 heavy (non-hydrogen) atoms. The number of amides is 2. The van der Waals surface area contributed by atoms with E-state index in [-0.39, 0.29) is 17.4 Å². The zero-order valence-electron chi connectivity index (χ0n) is 26.2. The van der Waals surface area contributed by atoms with E-state index >= 15 is 0 Å². The summed E-state index contributed by atoms with van der Waals surface area (Å²) in [7, 11) is 1.71. The molecule has 1 N–H and O–H groups in total. The van der Waals surface area contributed by atoms with Crippen LogP contribution in [0.3, 0.4) is 0 Å². The lowest BCUT2D eigenvalue weighted by Gasteiger charge is -2.27. The Morgan fingerprint density at radius 2 is 1.82 bits per heavy atom. The van der Waals surface area contributed by atoms with Gasteiger partial charge in [-0.25, -0.2) is 0 Å². The predicted octanol–water partition coefficient (Wildman–Crippen LogP) is 4.84. The highest BCUT2D eigenvalue weighted by Crippen LogP contribution is 2.40. The molecule has 4 aromatic rings. The second kappa shape index (κ2) is 13.1. The van der Waals surface area contributed by atoms with Crippen molar-refractivity contribution in [1.82, 2.24) is 14.9 Å². The molecule has 0 unspecified atom stereocenters. The average molecular weight is 600 g/mol.